The van der Waals surface area contributed by atoms with Crippen LogP contribution in [-0.4, -0.2) is 61.7 Å². The van der Waals surface area contributed by atoms with Crippen LogP contribution >= 0.6 is 0 Å². The van der Waals surface area contributed by atoms with E-state index in [9.17, 15) is 14.7 Å². The van der Waals surface area contributed by atoms with Gasteiger partial charge in [0.2, 0.25) is 12.7 Å². The van der Waals surface area contributed by atoms with Gasteiger partial charge in [0.1, 0.15) is 11.9 Å². The molecule has 2 aromatic carbocycles. The van der Waals surface area contributed by atoms with Gasteiger partial charge in [-0.25, -0.2) is 4.79 Å². The smallest absolute Gasteiger partial charge is 0.497 e. The topological polar surface area (TPSA) is 107 Å². The van der Waals surface area contributed by atoms with E-state index in [1.807, 2.05) is 54.3 Å². The summed E-state index contributed by atoms with van der Waals surface area (Å²) >= 11 is 0. The van der Waals surface area contributed by atoms with E-state index in [-0.39, 0.29) is 25.2 Å². The Kier molecular flexibility index (Phi) is 6.88. The molecule has 0 saturated carbocycles. The van der Waals surface area contributed by atoms with Gasteiger partial charge in [-0.2, -0.15) is 0 Å². The Morgan fingerprint density at radius 3 is 2.55 bits per heavy atom. The average molecular weight is 456 g/mol. The van der Waals surface area contributed by atoms with Crippen molar-refractivity contribution < 1.29 is 33.6 Å². The van der Waals surface area contributed by atoms with Gasteiger partial charge in [0.15, 0.2) is 11.5 Å². The second-order valence-corrected chi connectivity index (χ2v) is 8.06. The van der Waals surface area contributed by atoms with Crippen molar-refractivity contribution in [1.29, 1.82) is 0 Å². The zero-order valence-electron chi connectivity index (χ0n) is 18.7. The molecule has 4 rings (SSSR count). The van der Waals surface area contributed by atoms with E-state index in [1.54, 1.807) is 7.11 Å². The minimum absolute atomic E-state index is 0.115. The van der Waals surface area contributed by atoms with E-state index < -0.39 is 18.3 Å². The van der Waals surface area contributed by atoms with Crippen LogP contribution in [0.15, 0.2) is 42.5 Å². The van der Waals surface area contributed by atoms with Crippen molar-refractivity contribution in [2.45, 2.75) is 31.4 Å². The standard InChI is InChI=1S/C24H28N2O7/c1-3-10-25-21(27)13-26-12-18(16-6-9-19-20(11-16)32-14-31-19)23(33-24(28)29)22(26)15-4-7-17(30-2)8-5-15/h4-9,11,18,22-23H,3,10,12-14H2,1-2H3,(H,25,27)(H,28,29)/t18-,22-,23+/m1/s1. The average Bonchev–Trinajstić information content (AvgIpc) is 3.41. The van der Waals surface area contributed by atoms with Crippen molar-refractivity contribution in [2.24, 2.45) is 0 Å². The molecule has 2 aliphatic heterocycles. The normalized spacial score (nSPS) is 21.6. The van der Waals surface area contributed by atoms with Crippen LogP contribution in [0.5, 0.6) is 17.2 Å². The Morgan fingerprint density at radius 2 is 1.85 bits per heavy atom. The van der Waals surface area contributed by atoms with E-state index in [4.69, 9.17) is 18.9 Å². The molecule has 33 heavy (non-hydrogen) atoms. The van der Waals surface area contributed by atoms with Crippen LogP contribution in [-0.2, 0) is 9.53 Å². The summed E-state index contributed by atoms with van der Waals surface area (Å²) in [6.45, 7) is 3.28. The zero-order valence-corrected chi connectivity index (χ0v) is 18.7. The molecule has 2 heterocycles. The summed E-state index contributed by atoms with van der Waals surface area (Å²) < 4.78 is 21.6. The second-order valence-electron chi connectivity index (χ2n) is 8.06. The first kappa shape index (κ1) is 22.7. The summed E-state index contributed by atoms with van der Waals surface area (Å²) in [5.41, 5.74) is 1.70. The lowest BCUT2D eigenvalue weighted by Gasteiger charge is -2.28. The van der Waals surface area contributed by atoms with E-state index in [0.717, 1.165) is 17.5 Å². The van der Waals surface area contributed by atoms with E-state index in [1.165, 1.54) is 0 Å². The lowest BCUT2D eigenvalue weighted by molar-refractivity contribution is -0.122. The maximum absolute atomic E-state index is 12.6. The Labute approximate surface area is 192 Å². The van der Waals surface area contributed by atoms with Gasteiger partial charge in [0.05, 0.1) is 19.7 Å². The number of benzene rings is 2. The molecule has 0 spiro atoms. The van der Waals surface area contributed by atoms with E-state index in [0.29, 0.717) is 30.3 Å². The van der Waals surface area contributed by atoms with Crippen LogP contribution < -0.4 is 19.5 Å². The second kappa shape index (κ2) is 9.99. The number of hydrogen-bond acceptors (Lipinski definition) is 7. The van der Waals surface area contributed by atoms with Gasteiger partial charge in [0, 0.05) is 19.0 Å². The first-order chi connectivity index (χ1) is 16.0. The fraction of sp³-hybridized carbons (Fsp3) is 0.417. The summed E-state index contributed by atoms with van der Waals surface area (Å²) in [6, 6.07) is 12.5. The van der Waals surface area contributed by atoms with Gasteiger partial charge < -0.3 is 29.4 Å². The third-order valence-corrected chi connectivity index (χ3v) is 5.97. The van der Waals surface area contributed by atoms with Crippen molar-refractivity contribution in [1.82, 2.24) is 10.2 Å². The quantitative estimate of drug-likeness (QED) is 0.584. The summed E-state index contributed by atoms with van der Waals surface area (Å²) in [5.74, 6) is 1.53. The van der Waals surface area contributed by atoms with Crippen LogP contribution in [0.4, 0.5) is 4.79 Å². The number of carbonyl (C=O) groups excluding carboxylic acids is 1. The van der Waals surface area contributed by atoms with Gasteiger partial charge in [-0.15, -0.1) is 0 Å². The first-order valence-corrected chi connectivity index (χ1v) is 10.9. The highest BCUT2D eigenvalue weighted by Crippen LogP contribution is 2.45. The van der Waals surface area contributed by atoms with Gasteiger partial charge in [-0.05, 0) is 41.8 Å². The number of methoxy groups -OCH3 is 1. The third kappa shape index (κ3) is 4.98. The molecule has 0 radical (unpaired) electrons. The monoisotopic (exact) mass is 456 g/mol. The third-order valence-electron chi connectivity index (χ3n) is 5.97. The lowest BCUT2D eigenvalue weighted by Crippen LogP contribution is -2.39. The molecule has 176 valence electrons. The molecule has 0 aliphatic carbocycles. The van der Waals surface area contributed by atoms with Crippen molar-refractivity contribution in [3.8, 4) is 17.2 Å². The molecule has 1 saturated heterocycles. The molecular formula is C24H28N2O7. The number of carbonyl (C=O) groups is 2. The number of amides is 1. The Balaban J connectivity index is 1.70. The van der Waals surface area contributed by atoms with Crippen LogP contribution in [0.25, 0.3) is 0 Å². The van der Waals surface area contributed by atoms with Gasteiger partial charge in [-0.1, -0.05) is 25.1 Å². The summed E-state index contributed by atoms with van der Waals surface area (Å²) in [7, 11) is 1.58. The summed E-state index contributed by atoms with van der Waals surface area (Å²) in [6.07, 6.45) is -1.25. The Hall–Kier alpha value is -3.46. The maximum atomic E-state index is 12.6. The van der Waals surface area contributed by atoms with Gasteiger partial charge in [0.25, 0.3) is 0 Å². The highest BCUT2D eigenvalue weighted by molar-refractivity contribution is 5.78. The van der Waals surface area contributed by atoms with Crippen LogP contribution in [0.1, 0.15) is 36.4 Å². The van der Waals surface area contributed by atoms with Crippen LogP contribution in [0.3, 0.4) is 0 Å². The number of likely N-dealkylation sites (tertiary alicyclic amines) is 1. The molecule has 0 bridgehead atoms. The number of nitrogens with zero attached hydrogens (tertiary/aromatic N) is 1. The number of ether oxygens (including phenoxy) is 4. The Morgan fingerprint density at radius 1 is 1.12 bits per heavy atom. The molecule has 9 nitrogen and oxygen atoms in total. The molecule has 0 aromatic heterocycles. The highest BCUT2D eigenvalue weighted by Gasteiger charge is 2.46. The number of nitrogens with one attached hydrogen (secondary N) is 1. The molecule has 9 heteroatoms. The highest BCUT2D eigenvalue weighted by atomic mass is 16.7. The van der Waals surface area contributed by atoms with Crippen molar-refractivity contribution in [3.05, 3.63) is 53.6 Å². The van der Waals surface area contributed by atoms with Crippen LogP contribution in [0, 0.1) is 0 Å². The summed E-state index contributed by atoms with van der Waals surface area (Å²) in [5, 5.41) is 12.4. The number of fused-ring (bicyclic) bond motifs is 1. The predicted octanol–water partition coefficient (Wildman–Crippen LogP) is 3.15. The maximum Gasteiger partial charge on any atom is 0.506 e. The minimum Gasteiger partial charge on any atom is -0.497 e. The van der Waals surface area contributed by atoms with Crippen LogP contribution in [0.2, 0.25) is 0 Å². The number of hydrogen-bond donors (Lipinski definition) is 2. The summed E-state index contributed by atoms with van der Waals surface area (Å²) in [4.78, 5) is 26.2. The van der Waals surface area contributed by atoms with Gasteiger partial charge in [-0.3, -0.25) is 9.69 Å². The van der Waals surface area contributed by atoms with E-state index in [2.05, 4.69) is 5.32 Å². The molecule has 3 atom stereocenters. The molecule has 1 fully saturated rings. The molecule has 0 unspecified atom stereocenters. The SMILES string of the molecule is CCCNC(=O)CN1C[C@H](c2ccc3c(c2)OCO3)[C@H](OC(=O)O)[C@H]1c1ccc(OC)cc1. The van der Waals surface area contributed by atoms with Crippen molar-refractivity contribution in [2.75, 3.05) is 33.5 Å². The number of carboxylic acid groups (broad SMARTS) is 1. The fourth-order valence-corrected chi connectivity index (χ4v) is 4.47. The molecule has 2 aromatic rings. The Bertz CT molecular complexity index is 995. The minimum atomic E-state index is -1.36. The molecule has 2 N–H and O–H groups in total. The van der Waals surface area contributed by atoms with E-state index >= 15 is 0 Å². The molecule has 1 amide bonds. The predicted molar refractivity (Wildman–Crippen MR) is 119 cm³/mol. The first-order valence-electron chi connectivity index (χ1n) is 10.9. The van der Waals surface area contributed by atoms with Crippen molar-refractivity contribution in [3.63, 3.8) is 0 Å². The molecule has 2 aliphatic rings. The fourth-order valence-electron chi connectivity index (χ4n) is 4.47. The largest absolute Gasteiger partial charge is 0.506 e. The zero-order chi connectivity index (χ0) is 23.4. The number of rotatable bonds is 8. The lowest BCUT2D eigenvalue weighted by atomic mass is 9.90. The van der Waals surface area contributed by atoms with Crippen molar-refractivity contribution >= 4 is 12.1 Å². The van der Waals surface area contributed by atoms with Gasteiger partial charge >= 0.3 is 6.16 Å². The molecular weight excluding hydrogens is 428 g/mol.